The van der Waals surface area contributed by atoms with Gasteiger partial charge in [-0.05, 0) is 36.8 Å². The van der Waals surface area contributed by atoms with Gasteiger partial charge in [-0.15, -0.1) is 0 Å². The smallest absolute Gasteiger partial charge is 0.243 e. The van der Waals surface area contributed by atoms with E-state index in [-0.39, 0.29) is 42.3 Å². The number of rotatable bonds is 10. The third-order valence-corrected chi connectivity index (χ3v) is 7.74. The number of carbonyl (C=O) groups is 3. The topological polar surface area (TPSA) is 117 Å². The van der Waals surface area contributed by atoms with Crippen molar-refractivity contribution < 1.29 is 28.3 Å². The predicted octanol–water partition coefficient (Wildman–Crippen LogP) is 4.84. The molecule has 0 unspecified atom stereocenters. The number of nitrogens with one attached hydrogen (secondary N) is 1. The zero-order chi connectivity index (χ0) is 30.0. The predicted molar refractivity (Wildman–Crippen MR) is 153 cm³/mol. The number of hydrogen-bond donors (Lipinski definition) is 2. The van der Waals surface area contributed by atoms with Crippen LogP contribution in [0.5, 0.6) is 0 Å². The van der Waals surface area contributed by atoms with Gasteiger partial charge >= 0.3 is 0 Å². The van der Waals surface area contributed by atoms with E-state index in [9.17, 15) is 28.3 Å². The first kappa shape index (κ1) is 29.3. The Labute approximate surface area is 245 Å². The lowest BCUT2D eigenvalue weighted by Gasteiger charge is -2.25. The molecule has 9 nitrogen and oxygen atoms in total. The third-order valence-electron chi connectivity index (χ3n) is 7.45. The van der Waals surface area contributed by atoms with Crippen molar-refractivity contribution in [3.05, 3.63) is 83.3 Å². The number of aliphatic hydroxyl groups is 1. The number of benzene rings is 2. The van der Waals surface area contributed by atoms with Crippen molar-refractivity contribution in [2.24, 2.45) is 0 Å². The van der Waals surface area contributed by atoms with Gasteiger partial charge in [-0.25, -0.2) is 18.7 Å². The van der Waals surface area contributed by atoms with E-state index in [0.29, 0.717) is 27.8 Å². The molecule has 2 aromatic carbocycles. The maximum absolute atomic E-state index is 14.6. The molecule has 2 aromatic heterocycles. The standard InChI is InChI=1S/C30H28ClF2N5O4/c1-17(40)24-13-37(26-6-5-20(9-23(24)26)36-21-10-34-16-35-11-21)14-29(42)38-12-19(32)8-27(38)28(41)7-18(15-39)22-3-2-4-25(31)30(22)33/h2-6,9-11,13,16,18-19,27,36,39H,7-8,12,14-15H2,1H3/t18-,19+,27-/m0/s1. The molecule has 2 N–H and O–H groups in total. The first-order valence-electron chi connectivity index (χ1n) is 13.3. The number of anilines is 2. The number of ketones is 2. The normalized spacial score (nSPS) is 17.4. The first-order valence-corrected chi connectivity index (χ1v) is 13.7. The maximum atomic E-state index is 14.6. The monoisotopic (exact) mass is 595 g/mol. The fourth-order valence-corrected chi connectivity index (χ4v) is 5.59. The second kappa shape index (κ2) is 12.3. The fourth-order valence-electron chi connectivity index (χ4n) is 5.41. The summed E-state index contributed by atoms with van der Waals surface area (Å²) in [6.07, 6.45) is 4.29. The number of alkyl halides is 1. The Morgan fingerprint density at radius 2 is 1.93 bits per heavy atom. The van der Waals surface area contributed by atoms with Crippen molar-refractivity contribution in [2.75, 3.05) is 18.5 Å². The summed E-state index contributed by atoms with van der Waals surface area (Å²) in [5, 5.41) is 13.5. The van der Waals surface area contributed by atoms with Crippen LogP contribution in [-0.2, 0) is 16.1 Å². The van der Waals surface area contributed by atoms with E-state index in [1.165, 1.54) is 36.4 Å². The van der Waals surface area contributed by atoms with Crippen LogP contribution in [0.15, 0.2) is 61.3 Å². The van der Waals surface area contributed by atoms with Crippen LogP contribution in [0.25, 0.3) is 10.9 Å². The van der Waals surface area contributed by atoms with Gasteiger partial charge < -0.3 is 19.9 Å². The molecule has 3 heterocycles. The van der Waals surface area contributed by atoms with Crippen molar-refractivity contribution >= 4 is 51.4 Å². The Balaban J connectivity index is 1.36. The number of aromatic nitrogens is 3. The van der Waals surface area contributed by atoms with Crippen LogP contribution in [0, 0.1) is 5.82 Å². The quantitative estimate of drug-likeness (QED) is 0.252. The van der Waals surface area contributed by atoms with Crippen LogP contribution < -0.4 is 5.32 Å². The number of halogens is 3. The summed E-state index contributed by atoms with van der Waals surface area (Å²) in [7, 11) is 0. The van der Waals surface area contributed by atoms with Gasteiger partial charge in [0.2, 0.25) is 5.91 Å². The average Bonchev–Trinajstić information content (AvgIpc) is 3.54. The highest BCUT2D eigenvalue weighted by atomic mass is 35.5. The highest BCUT2D eigenvalue weighted by Gasteiger charge is 2.40. The van der Waals surface area contributed by atoms with Crippen LogP contribution in [0.3, 0.4) is 0 Å². The van der Waals surface area contributed by atoms with Gasteiger partial charge in [0.05, 0.1) is 42.3 Å². The summed E-state index contributed by atoms with van der Waals surface area (Å²) in [5.41, 5.74) is 2.43. The van der Waals surface area contributed by atoms with Crippen molar-refractivity contribution in [3.63, 3.8) is 0 Å². The molecule has 4 aromatic rings. The number of carbonyl (C=O) groups excluding carboxylic acids is 3. The van der Waals surface area contributed by atoms with Crippen LogP contribution in [-0.4, -0.2) is 67.4 Å². The van der Waals surface area contributed by atoms with Gasteiger partial charge in [0.25, 0.3) is 0 Å². The van der Waals surface area contributed by atoms with E-state index >= 15 is 0 Å². The summed E-state index contributed by atoms with van der Waals surface area (Å²) in [6, 6.07) is 8.57. The molecule has 1 aliphatic rings. The highest BCUT2D eigenvalue weighted by molar-refractivity contribution is 6.30. The number of Topliss-reactive ketones (excluding diaryl/α,β-unsaturated/α-hetero) is 2. The molecule has 0 radical (unpaired) electrons. The van der Waals surface area contributed by atoms with Gasteiger partial charge in [-0.2, -0.15) is 0 Å². The molecule has 0 spiro atoms. The first-order chi connectivity index (χ1) is 20.2. The van der Waals surface area contributed by atoms with Crippen molar-refractivity contribution in [2.45, 2.75) is 44.4 Å². The van der Waals surface area contributed by atoms with Crippen molar-refractivity contribution in [3.8, 4) is 0 Å². The second-order valence-electron chi connectivity index (χ2n) is 10.3. The van der Waals surface area contributed by atoms with Gasteiger partial charge in [-0.1, -0.05) is 23.7 Å². The van der Waals surface area contributed by atoms with Crippen LogP contribution in [0.2, 0.25) is 5.02 Å². The molecule has 0 bridgehead atoms. The number of likely N-dealkylation sites (tertiary alicyclic amines) is 1. The van der Waals surface area contributed by atoms with E-state index in [1.807, 2.05) is 0 Å². The summed E-state index contributed by atoms with van der Waals surface area (Å²) in [4.78, 5) is 48.4. The number of fused-ring (bicyclic) bond motifs is 1. The molecule has 42 heavy (non-hydrogen) atoms. The molecule has 1 saturated heterocycles. The molecule has 0 saturated carbocycles. The molecule has 1 aliphatic heterocycles. The Hall–Kier alpha value is -4.22. The van der Waals surface area contributed by atoms with E-state index in [0.717, 1.165) is 0 Å². The minimum absolute atomic E-state index is 0.0789. The molecule has 1 fully saturated rings. The van der Waals surface area contributed by atoms with Gasteiger partial charge in [0.1, 0.15) is 24.9 Å². The molecular weight excluding hydrogens is 568 g/mol. The molecule has 0 aliphatic carbocycles. The van der Waals surface area contributed by atoms with Crippen LogP contribution in [0.1, 0.15) is 41.6 Å². The second-order valence-corrected chi connectivity index (χ2v) is 10.7. The number of amides is 1. The van der Waals surface area contributed by atoms with E-state index in [2.05, 4.69) is 15.3 Å². The van der Waals surface area contributed by atoms with Gasteiger partial charge in [-0.3, -0.25) is 14.4 Å². The van der Waals surface area contributed by atoms with E-state index in [4.69, 9.17) is 11.6 Å². The van der Waals surface area contributed by atoms with Crippen molar-refractivity contribution in [1.82, 2.24) is 19.4 Å². The van der Waals surface area contributed by atoms with E-state index in [1.54, 1.807) is 41.4 Å². The molecule has 12 heteroatoms. The maximum Gasteiger partial charge on any atom is 0.243 e. The lowest BCUT2D eigenvalue weighted by molar-refractivity contribution is -0.138. The lowest BCUT2D eigenvalue weighted by Crippen LogP contribution is -2.42. The van der Waals surface area contributed by atoms with E-state index < -0.39 is 42.2 Å². The Bertz CT molecular complexity index is 1650. The summed E-state index contributed by atoms with van der Waals surface area (Å²) in [5.74, 6) is -2.82. The Morgan fingerprint density at radius 3 is 2.64 bits per heavy atom. The number of hydrogen-bond acceptors (Lipinski definition) is 7. The minimum Gasteiger partial charge on any atom is -0.396 e. The summed E-state index contributed by atoms with van der Waals surface area (Å²) < 4.78 is 30.8. The summed E-state index contributed by atoms with van der Waals surface area (Å²) in [6.45, 7) is 0.401. The Kier molecular flexibility index (Phi) is 8.60. The van der Waals surface area contributed by atoms with Gasteiger partial charge in [0, 0.05) is 47.1 Å². The lowest BCUT2D eigenvalue weighted by atomic mass is 9.91. The zero-order valence-electron chi connectivity index (χ0n) is 22.6. The molecular formula is C30H28ClF2N5O4. The van der Waals surface area contributed by atoms with Crippen LogP contribution >= 0.6 is 11.6 Å². The molecule has 1 amide bonds. The Morgan fingerprint density at radius 1 is 1.17 bits per heavy atom. The third kappa shape index (κ3) is 6.02. The van der Waals surface area contributed by atoms with Gasteiger partial charge in [0.15, 0.2) is 11.6 Å². The number of nitrogens with zero attached hydrogens (tertiary/aromatic N) is 4. The SMILES string of the molecule is CC(=O)c1cn(CC(=O)N2C[C@H](F)C[C@H]2C(=O)C[C@@H](CO)c2cccc(Cl)c2F)c2ccc(Nc3cncnc3)cc12. The van der Waals surface area contributed by atoms with Crippen molar-refractivity contribution in [1.29, 1.82) is 0 Å². The largest absolute Gasteiger partial charge is 0.396 e. The molecule has 5 rings (SSSR count). The highest BCUT2D eigenvalue weighted by Crippen LogP contribution is 2.31. The number of aliphatic hydroxyl groups excluding tert-OH is 1. The molecule has 218 valence electrons. The fraction of sp³-hybridized carbons (Fsp3) is 0.300. The van der Waals surface area contributed by atoms with Crippen LogP contribution in [0.4, 0.5) is 20.2 Å². The minimum atomic E-state index is -1.41. The zero-order valence-corrected chi connectivity index (χ0v) is 23.4. The molecule has 3 atom stereocenters. The average molecular weight is 596 g/mol. The summed E-state index contributed by atoms with van der Waals surface area (Å²) >= 11 is 5.87.